The molecule has 0 amide bonds. The van der Waals surface area contributed by atoms with Gasteiger partial charge in [-0.15, -0.1) is 0 Å². The average Bonchev–Trinajstić information content (AvgIpc) is 3.50. The van der Waals surface area contributed by atoms with Crippen LogP contribution in [0, 0.1) is 0 Å². The van der Waals surface area contributed by atoms with Crippen molar-refractivity contribution in [2.75, 3.05) is 47.5 Å². The van der Waals surface area contributed by atoms with Crippen LogP contribution >= 0.6 is 0 Å². The smallest absolute Gasteiger partial charge is 0.361 e. The van der Waals surface area contributed by atoms with Gasteiger partial charge in [-0.2, -0.15) is 0 Å². The first kappa shape index (κ1) is 86.4. The Bertz CT molecular complexity index is 1960. The molecule has 0 aromatic carbocycles. The molecule has 0 aromatic rings. The molecule has 0 aromatic heterocycles. The molecule has 0 heterocycles. The number of nitrogens with zero attached hydrogens (tertiary/aromatic N) is 1. The second-order valence-electron chi connectivity index (χ2n) is 25.9. The number of quaternary nitrogens is 1. The van der Waals surface area contributed by atoms with Gasteiger partial charge in [0, 0.05) is 12.8 Å². The highest BCUT2D eigenvalue weighted by atomic mass is 16.7. The molecule has 0 radical (unpaired) electrons. The molecule has 9 nitrogen and oxygen atoms in total. The van der Waals surface area contributed by atoms with Crippen LogP contribution in [0.5, 0.6) is 0 Å². The zero-order valence-corrected chi connectivity index (χ0v) is 59.5. The van der Waals surface area contributed by atoms with Gasteiger partial charge < -0.3 is 28.5 Å². The zero-order chi connectivity index (χ0) is 66.1. The van der Waals surface area contributed by atoms with Gasteiger partial charge in [-0.25, -0.2) is 4.79 Å². The Morgan fingerprint density at radius 3 is 0.934 bits per heavy atom. The number of aliphatic carboxylic acids is 1. The summed E-state index contributed by atoms with van der Waals surface area (Å²) in [6, 6.07) is 0. The molecular formula is C82H140NO8+. The van der Waals surface area contributed by atoms with Crippen LogP contribution in [0.2, 0.25) is 0 Å². The Balaban J connectivity index is 4.12. The monoisotopic (exact) mass is 1270 g/mol. The summed E-state index contributed by atoms with van der Waals surface area (Å²) in [5.41, 5.74) is 0. The standard InChI is InChI=1S/C82H139NO8/c1-6-8-10-12-14-16-18-20-22-24-26-28-30-32-34-36-37-38-39-40-41-42-43-45-47-49-51-53-55-57-59-61-63-65-67-69-71-73-80(85)91-78(77-90-82(81(86)87)88-75-74-83(3,4)5)76-89-79(84)72-70-68-66-64-62-60-58-56-54-52-50-48-46-44-35-33-31-29-27-25-23-21-19-17-15-13-11-9-7-2/h8,10,14,16,19-22,25-28,31-34,37-38,40-41,43,45,78,82H,6-7,9,11-13,15,17-18,23-24,29-30,35-36,39,42,44,46-77H2,1-5H3/p+1/b10-8-,16-14-,21-19-,22-20-,27-25-,28-26-,33-31-,34-32-,38-37-,41-40-,45-43-. The molecule has 9 heteroatoms. The van der Waals surface area contributed by atoms with Crippen LogP contribution in [0.1, 0.15) is 309 Å². The number of ether oxygens (including phenoxy) is 4. The Kier molecular flexibility index (Phi) is 67.7. The average molecular weight is 1270 g/mol. The van der Waals surface area contributed by atoms with Gasteiger partial charge in [0.15, 0.2) is 6.10 Å². The summed E-state index contributed by atoms with van der Waals surface area (Å²) in [7, 11) is 5.98. The lowest BCUT2D eigenvalue weighted by molar-refractivity contribution is -0.870. The van der Waals surface area contributed by atoms with Crippen molar-refractivity contribution in [1.29, 1.82) is 0 Å². The van der Waals surface area contributed by atoms with Crippen LogP contribution in [0.25, 0.3) is 0 Å². The number of hydrogen-bond acceptors (Lipinski definition) is 7. The predicted molar refractivity (Wildman–Crippen MR) is 391 cm³/mol. The van der Waals surface area contributed by atoms with Crippen LogP contribution in [0.3, 0.4) is 0 Å². The molecule has 0 aliphatic carbocycles. The third-order valence-corrected chi connectivity index (χ3v) is 15.9. The lowest BCUT2D eigenvalue weighted by Gasteiger charge is -2.25. The molecule has 0 fully saturated rings. The lowest BCUT2D eigenvalue weighted by atomic mass is 10.0. The van der Waals surface area contributed by atoms with Gasteiger partial charge in [-0.1, -0.05) is 314 Å². The van der Waals surface area contributed by atoms with E-state index in [1.807, 2.05) is 21.1 Å². The van der Waals surface area contributed by atoms with E-state index in [0.717, 1.165) is 103 Å². The van der Waals surface area contributed by atoms with E-state index in [1.54, 1.807) is 0 Å². The maximum atomic E-state index is 13.0. The molecule has 2 unspecified atom stereocenters. The molecule has 520 valence electrons. The number of likely N-dealkylation sites (N-methyl/N-ethyl adjacent to an activating group) is 1. The normalized spacial score (nSPS) is 13.5. The molecule has 0 aliphatic heterocycles. The SMILES string of the molecule is CC/C=C\C/C=C\C/C=C\C/C=C\C/C=C\C/C=C\C/C=C\C/C=C\CCCCCCCCCCCCCCC(=O)OC(COC(=O)CCCCCCCCCCCCCCCC/C=C\C/C=C\C/C=C\CCCCCCC)COC(OCC[N+](C)(C)C)C(=O)O. The minimum atomic E-state index is -1.52. The number of unbranched alkanes of at least 4 members (excludes halogenated alkanes) is 31. The van der Waals surface area contributed by atoms with E-state index in [4.69, 9.17) is 18.9 Å². The van der Waals surface area contributed by atoms with Gasteiger partial charge in [0.25, 0.3) is 6.29 Å². The molecule has 0 rings (SSSR count). The highest BCUT2D eigenvalue weighted by molar-refractivity contribution is 5.71. The van der Waals surface area contributed by atoms with E-state index < -0.39 is 24.3 Å². The molecule has 91 heavy (non-hydrogen) atoms. The minimum Gasteiger partial charge on any atom is -0.477 e. The third-order valence-electron chi connectivity index (χ3n) is 15.9. The molecular weight excluding hydrogens is 1130 g/mol. The van der Waals surface area contributed by atoms with Crippen molar-refractivity contribution < 1.29 is 42.9 Å². The number of esters is 2. The zero-order valence-electron chi connectivity index (χ0n) is 59.5. The largest absolute Gasteiger partial charge is 0.477 e. The van der Waals surface area contributed by atoms with Crippen LogP contribution in [0.4, 0.5) is 0 Å². The van der Waals surface area contributed by atoms with Gasteiger partial charge in [-0.05, 0) is 116 Å². The van der Waals surface area contributed by atoms with Crippen molar-refractivity contribution in [3.63, 3.8) is 0 Å². The molecule has 0 aliphatic rings. The van der Waals surface area contributed by atoms with Gasteiger partial charge in [-0.3, -0.25) is 9.59 Å². The Morgan fingerprint density at radius 1 is 0.341 bits per heavy atom. The van der Waals surface area contributed by atoms with Crippen molar-refractivity contribution in [2.24, 2.45) is 0 Å². The van der Waals surface area contributed by atoms with Crippen LogP contribution in [0.15, 0.2) is 134 Å². The summed E-state index contributed by atoms with van der Waals surface area (Å²) in [5, 5.41) is 9.76. The van der Waals surface area contributed by atoms with E-state index in [1.165, 1.54) is 173 Å². The maximum absolute atomic E-state index is 13.0. The Hall–Kier alpha value is -4.57. The molecule has 0 saturated heterocycles. The van der Waals surface area contributed by atoms with Crippen molar-refractivity contribution in [3.05, 3.63) is 134 Å². The number of carboxylic acid groups (broad SMARTS) is 1. The first-order chi connectivity index (χ1) is 44.6. The van der Waals surface area contributed by atoms with Crippen molar-refractivity contribution in [1.82, 2.24) is 0 Å². The van der Waals surface area contributed by atoms with Gasteiger partial charge >= 0.3 is 17.9 Å². The second-order valence-corrected chi connectivity index (χ2v) is 25.9. The number of hydrogen-bond donors (Lipinski definition) is 1. The number of carbonyl (C=O) groups is 3. The Morgan fingerprint density at radius 2 is 0.626 bits per heavy atom. The highest BCUT2D eigenvalue weighted by Gasteiger charge is 2.25. The molecule has 1 N–H and O–H groups in total. The quantitative estimate of drug-likeness (QED) is 0.0211. The molecule has 0 bridgehead atoms. The van der Waals surface area contributed by atoms with E-state index >= 15 is 0 Å². The van der Waals surface area contributed by atoms with E-state index in [0.29, 0.717) is 23.9 Å². The van der Waals surface area contributed by atoms with E-state index in [2.05, 4.69) is 148 Å². The van der Waals surface area contributed by atoms with Crippen molar-refractivity contribution in [3.8, 4) is 0 Å². The first-order valence-corrected chi connectivity index (χ1v) is 37.3. The van der Waals surface area contributed by atoms with Gasteiger partial charge in [0.1, 0.15) is 13.2 Å². The predicted octanol–water partition coefficient (Wildman–Crippen LogP) is 23.7. The fourth-order valence-electron chi connectivity index (χ4n) is 10.2. The number of carbonyl (C=O) groups excluding carboxylic acids is 2. The molecule has 0 spiro atoms. The lowest BCUT2D eigenvalue weighted by Crippen LogP contribution is -2.40. The first-order valence-electron chi connectivity index (χ1n) is 37.3. The number of allylic oxidation sites excluding steroid dienone is 22. The van der Waals surface area contributed by atoms with Gasteiger partial charge in [0.05, 0.1) is 34.4 Å². The maximum Gasteiger partial charge on any atom is 0.361 e. The summed E-state index contributed by atoms with van der Waals surface area (Å²) >= 11 is 0. The van der Waals surface area contributed by atoms with Crippen LogP contribution < -0.4 is 0 Å². The topological polar surface area (TPSA) is 108 Å². The fraction of sp³-hybridized carbons (Fsp3) is 0.695. The van der Waals surface area contributed by atoms with E-state index in [-0.39, 0.29) is 32.2 Å². The highest BCUT2D eigenvalue weighted by Crippen LogP contribution is 2.17. The fourth-order valence-corrected chi connectivity index (χ4v) is 10.2. The minimum absolute atomic E-state index is 0.182. The number of rotatable bonds is 68. The van der Waals surface area contributed by atoms with Gasteiger partial charge in [0.2, 0.25) is 0 Å². The van der Waals surface area contributed by atoms with Crippen LogP contribution in [-0.2, 0) is 33.3 Å². The third kappa shape index (κ3) is 72.7. The summed E-state index contributed by atoms with van der Waals surface area (Å²) in [6.07, 6.45) is 100.0. The number of carboxylic acids is 1. The van der Waals surface area contributed by atoms with Crippen molar-refractivity contribution >= 4 is 17.9 Å². The summed E-state index contributed by atoms with van der Waals surface area (Å²) in [4.78, 5) is 37.7. The summed E-state index contributed by atoms with van der Waals surface area (Å²) in [5.74, 6) is -2.01. The second kappa shape index (κ2) is 71.3. The van der Waals surface area contributed by atoms with Crippen LogP contribution in [-0.4, -0.2) is 87.4 Å². The summed E-state index contributed by atoms with van der Waals surface area (Å²) in [6.45, 7) is 4.77. The summed E-state index contributed by atoms with van der Waals surface area (Å²) < 4.78 is 23.0. The molecule has 0 saturated carbocycles. The Labute approximate surface area is 560 Å². The molecule has 2 atom stereocenters. The van der Waals surface area contributed by atoms with E-state index in [9.17, 15) is 19.5 Å². The van der Waals surface area contributed by atoms with Crippen molar-refractivity contribution in [2.45, 2.75) is 322 Å².